The van der Waals surface area contributed by atoms with Gasteiger partial charge >= 0.3 is 19.9 Å². The van der Waals surface area contributed by atoms with E-state index in [2.05, 4.69) is 25.2 Å². The molecule has 17 heteroatoms. The van der Waals surface area contributed by atoms with Crippen LogP contribution >= 0.6 is 7.82 Å². The largest absolute Gasteiger partial charge is 0.524 e. The number of phosphoric ester groups is 1. The van der Waals surface area contributed by atoms with Crippen LogP contribution in [0.3, 0.4) is 0 Å². The number of aromatic nitrogens is 3. The predicted molar refractivity (Wildman–Crippen MR) is 172 cm³/mol. The number of anilines is 2. The molecule has 0 radical (unpaired) electrons. The minimum Gasteiger partial charge on any atom is -0.428 e. The molecule has 0 fully saturated rings. The lowest BCUT2D eigenvalue weighted by molar-refractivity contribution is -0.150. The maximum absolute atomic E-state index is 13.8. The molecule has 4 rings (SSSR count). The molecule has 0 aliphatic carbocycles. The number of hydrogen-bond acceptors (Lipinski definition) is 10. The summed E-state index contributed by atoms with van der Waals surface area (Å²) in [5.41, 5.74) is 2.64. The quantitative estimate of drug-likeness (QED) is 0.0903. The van der Waals surface area contributed by atoms with Crippen molar-refractivity contribution in [2.45, 2.75) is 40.5 Å². The smallest absolute Gasteiger partial charge is 0.428 e. The summed E-state index contributed by atoms with van der Waals surface area (Å²) < 4.78 is 27.4. The lowest BCUT2D eigenvalue weighted by Crippen LogP contribution is -2.31. The van der Waals surface area contributed by atoms with E-state index >= 15 is 0 Å². The van der Waals surface area contributed by atoms with Gasteiger partial charge in [0.25, 0.3) is 11.8 Å². The molecule has 2 heterocycles. The molecule has 48 heavy (non-hydrogen) atoms. The highest BCUT2D eigenvalue weighted by Gasteiger charge is 2.29. The van der Waals surface area contributed by atoms with Crippen LogP contribution in [0.4, 0.5) is 16.3 Å². The van der Waals surface area contributed by atoms with Gasteiger partial charge in [-0.05, 0) is 68.1 Å². The fraction of sp³-hybridized carbons (Fsp3) is 0.290. The summed E-state index contributed by atoms with van der Waals surface area (Å²) in [4.78, 5) is 75.3. The predicted octanol–water partition coefficient (Wildman–Crippen LogP) is 3.73. The number of nitrogens with one attached hydrogen (secondary N) is 2. The fourth-order valence-electron chi connectivity index (χ4n) is 4.65. The van der Waals surface area contributed by atoms with Gasteiger partial charge in [-0.2, -0.15) is 5.10 Å². The van der Waals surface area contributed by atoms with Gasteiger partial charge in [0, 0.05) is 24.8 Å². The Morgan fingerprint density at radius 2 is 1.71 bits per heavy atom. The summed E-state index contributed by atoms with van der Waals surface area (Å²) in [6.45, 7) is 7.17. The number of esters is 1. The summed E-state index contributed by atoms with van der Waals surface area (Å²) in [5, 5.41) is 9.76. The minimum absolute atomic E-state index is 0.0428. The van der Waals surface area contributed by atoms with E-state index in [-0.39, 0.29) is 41.1 Å². The standard InChI is InChI=1S/C31H35N6O10P/c1-5-13-33-29(39)22-10-7-19(3)25(15-22)37(28-27-20(4)24(30(40)32-6-2)16-36(27)35-17-34-28)31(41)46-18-45-26(38)14-21-8-11-23(12-9-21)47-48(42,43)44/h7-12,15-17H,5-6,13-14,18H2,1-4H3,(H,32,40)(H,33,39)(H2,42,43,44). The lowest BCUT2D eigenvalue weighted by atomic mass is 10.1. The Kier molecular flexibility index (Phi) is 11.5. The third kappa shape index (κ3) is 8.73. The SMILES string of the molecule is CCCNC(=O)c1ccc(C)c(N(C(=O)OCOC(=O)Cc2ccc(OP(=O)(O)O)cc2)c2ncnn3cc(C(=O)NCC)c(C)c23)c1. The summed E-state index contributed by atoms with van der Waals surface area (Å²) in [6, 6.07) is 10.2. The number of benzene rings is 2. The molecule has 0 bridgehead atoms. The zero-order valence-corrected chi connectivity index (χ0v) is 27.5. The van der Waals surface area contributed by atoms with Crippen LogP contribution in [-0.4, -0.2) is 68.1 Å². The molecule has 2 aromatic carbocycles. The second-order valence-electron chi connectivity index (χ2n) is 10.4. The van der Waals surface area contributed by atoms with Crippen LogP contribution in [0.2, 0.25) is 0 Å². The van der Waals surface area contributed by atoms with E-state index in [1.165, 1.54) is 47.4 Å². The monoisotopic (exact) mass is 682 g/mol. The molecule has 16 nitrogen and oxygen atoms in total. The first-order valence-corrected chi connectivity index (χ1v) is 16.3. The Labute approximate surface area is 275 Å². The Morgan fingerprint density at radius 3 is 2.38 bits per heavy atom. The molecule has 0 spiro atoms. The van der Waals surface area contributed by atoms with Gasteiger partial charge in [0.05, 0.1) is 17.7 Å². The molecule has 254 valence electrons. The number of carbonyl (C=O) groups is 4. The molecule has 0 atom stereocenters. The van der Waals surface area contributed by atoms with Crippen molar-refractivity contribution in [3.05, 3.63) is 82.8 Å². The van der Waals surface area contributed by atoms with E-state index in [0.717, 1.165) is 11.3 Å². The highest BCUT2D eigenvalue weighted by atomic mass is 31.2. The minimum atomic E-state index is -4.74. The summed E-state index contributed by atoms with van der Waals surface area (Å²) >= 11 is 0. The number of phosphoric acid groups is 1. The third-order valence-electron chi connectivity index (χ3n) is 6.93. The van der Waals surface area contributed by atoms with Crippen molar-refractivity contribution in [1.29, 1.82) is 0 Å². The molecule has 0 aliphatic heterocycles. The molecule has 0 aliphatic rings. The third-order valence-corrected chi connectivity index (χ3v) is 7.38. The number of rotatable bonds is 13. The number of hydrogen-bond donors (Lipinski definition) is 4. The highest BCUT2D eigenvalue weighted by Crippen LogP contribution is 2.37. The average Bonchev–Trinajstić information content (AvgIpc) is 3.38. The van der Waals surface area contributed by atoms with Gasteiger partial charge in [-0.3, -0.25) is 24.2 Å². The van der Waals surface area contributed by atoms with Gasteiger partial charge in [-0.25, -0.2) is 23.8 Å². The van der Waals surface area contributed by atoms with Gasteiger partial charge in [0.15, 0.2) is 5.82 Å². The Balaban J connectivity index is 1.63. The zero-order chi connectivity index (χ0) is 35.0. The van der Waals surface area contributed by atoms with Crippen LogP contribution in [0.15, 0.2) is 55.0 Å². The molecule has 0 saturated carbocycles. The van der Waals surface area contributed by atoms with Crippen molar-refractivity contribution >= 4 is 48.7 Å². The molecule has 0 saturated heterocycles. The van der Waals surface area contributed by atoms with E-state index in [1.807, 2.05) is 6.92 Å². The van der Waals surface area contributed by atoms with E-state index in [1.54, 1.807) is 32.9 Å². The van der Waals surface area contributed by atoms with Crippen LogP contribution in [0.1, 0.15) is 57.7 Å². The molecular weight excluding hydrogens is 647 g/mol. The molecule has 4 aromatic rings. The maximum Gasteiger partial charge on any atom is 0.524 e. The summed E-state index contributed by atoms with van der Waals surface area (Å²) in [6.07, 6.45) is 2.19. The van der Waals surface area contributed by atoms with Crippen LogP contribution < -0.4 is 20.1 Å². The molecular formula is C31H35N6O10P. The Bertz CT molecular complexity index is 1870. The number of fused-ring (bicyclic) bond motifs is 1. The van der Waals surface area contributed by atoms with Crippen LogP contribution in [0.5, 0.6) is 5.75 Å². The summed E-state index contributed by atoms with van der Waals surface area (Å²) in [7, 11) is -4.74. The highest BCUT2D eigenvalue weighted by molar-refractivity contribution is 7.46. The fourth-order valence-corrected chi connectivity index (χ4v) is 5.05. The number of amides is 3. The van der Waals surface area contributed by atoms with Crippen LogP contribution in [-0.2, 0) is 25.3 Å². The van der Waals surface area contributed by atoms with E-state index in [0.29, 0.717) is 40.9 Å². The second kappa shape index (κ2) is 15.5. The topological polar surface area (TPSA) is 211 Å². The van der Waals surface area contributed by atoms with Gasteiger partial charge < -0.3 is 24.6 Å². The number of nitrogens with zero attached hydrogens (tertiary/aromatic N) is 4. The molecule has 4 N–H and O–H groups in total. The Hall–Kier alpha value is -5.31. The lowest BCUT2D eigenvalue weighted by Gasteiger charge is -2.24. The molecule has 3 amide bonds. The van der Waals surface area contributed by atoms with E-state index in [4.69, 9.17) is 19.3 Å². The van der Waals surface area contributed by atoms with Gasteiger partial charge in [-0.1, -0.05) is 25.1 Å². The average molecular weight is 683 g/mol. The van der Waals surface area contributed by atoms with Gasteiger partial charge in [-0.15, -0.1) is 0 Å². The molecule has 0 unspecified atom stereocenters. The zero-order valence-electron chi connectivity index (χ0n) is 26.6. The van der Waals surface area contributed by atoms with Crippen molar-refractivity contribution < 1.29 is 47.5 Å². The van der Waals surface area contributed by atoms with Crippen LogP contribution in [0.25, 0.3) is 5.52 Å². The molecule has 2 aromatic heterocycles. The van der Waals surface area contributed by atoms with Gasteiger partial charge in [0.1, 0.15) is 17.6 Å². The van der Waals surface area contributed by atoms with Crippen molar-refractivity contribution in [2.75, 3.05) is 24.8 Å². The first-order valence-electron chi connectivity index (χ1n) is 14.8. The first-order chi connectivity index (χ1) is 22.8. The Morgan fingerprint density at radius 1 is 0.979 bits per heavy atom. The van der Waals surface area contributed by atoms with Crippen molar-refractivity contribution in [3.63, 3.8) is 0 Å². The van der Waals surface area contributed by atoms with Crippen molar-refractivity contribution in [1.82, 2.24) is 25.2 Å². The van der Waals surface area contributed by atoms with E-state index in [9.17, 15) is 23.7 Å². The maximum atomic E-state index is 13.8. The second-order valence-corrected chi connectivity index (χ2v) is 11.6. The normalized spacial score (nSPS) is 11.1. The van der Waals surface area contributed by atoms with Gasteiger partial charge in [0.2, 0.25) is 6.79 Å². The van der Waals surface area contributed by atoms with Crippen molar-refractivity contribution in [2.24, 2.45) is 0 Å². The number of ether oxygens (including phenoxy) is 2. The number of aryl methyl sites for hydroxylation is 2. The number of carbonyl (C=O) groups excluding carboxylic acids is 4. The summed E-state index contributed by atoms with van der Waals surface area (Å²) in [5.74, 6) is -1.51. The van der Waals surface area contributed by atoms with E-state index < -0.39 is 26.7 Å². The van der Waals surface area contributed by atoms with Crippen molar-refractivity contribution in [3.8, 4) is 5.75 Å². The first kappa shape index (κ1) is 35.5. The van der Waals surface area contributed by atoms with Crippen LogP contribution in [0, 0.1) is 13.8 Å².